The van der Waals surface area contributed by atoms with Gasteiger partial charge in [0.15, 0.2) is 5.15 Å². The second kappa shape index (κ2) is 4.78. The van der Waals surface area contributed by atoms with Crippen LogP contribution in [0.2, 0.25) is 5.15 Å². The molecule has 0 bridgehead atoms. The number of aromatic nitrogens is 2. The number of para-hydroxylation sites is 1. The number of benzene rings is 1. The standard InChI is InChI=1S/C14H19ClN4/c1-18-8-9(7-16)6-12(18)10-4-3-5-11-13(10)19(2)17-14(11)15/h3-5,9,12H,6-8,16H2,1-2H3. The highest BCUT2D eigenvalue weighted by atomic mass is 35.5. The fourth-order valence-corrected chi connectivity index (χ4v) is 3.50. The summed E-state index contributed by atoms with van der Waals surface area (Å²) in [4.78, 5) is 2.38. The van der Waals surface area contributed by atoms with E-state index in [9.17, 15) is 0 Å². The Balaban J connectivity index is 2.10. The molecular weight excluding hydrogens is 260 g/mol. The van der Waals surface area contributed by atoms with Gasteiger partial charge < -0.3 is 5.73 Å². The first-order valence-corrected chi connectivity index (χ1v) is 7.01. The van der Waals surface area contributed by atoms with Crippen LogP contribution in [-0.4, -0.2) is 34.8 Å². The zero-order chi connectivity index (χ0) is 13.6. The molecule has 0 aliphatic carbocycles. The van der Waals surface area contributed by atoms with Gasteiger partial charge in [0, 0.05) is 25.0 Å². The number of rotatable bonds is 2. The highest BCUT2D eigenvalue weighted by molar-refractivity contribution is 6.34. The fraction of sp³-hybridized carbons (Fsp3) is 0.500. The summed E-state index contributed by atoms with van der Waals surface area (Å²) in [5.74, 6) is 0.578. The van der Waals surface area contributed by atoms with Gasteiger partial charge in [0.2, 0.25) is 0 Å². The van der Waals surface area contributed by atoms with Crippen LogP contribution in [0, 0.1) is 5.92 Å². The molecule has 0 radical (unpaired) electrons. The van der Waals surface area contributed by atoms with Crippen LogP contribution >= 0.6 is 11.6 Å². The molecular formula is C14H19ClN4. The lowest BCUT2D eigenvalue weighted by atomic mass is 9.98. The molecule has 2 aromatic rings. The van der Waals surface area contributed by atoms with Crippen molar-refractivity contribution in [3.8, 4) is 0 Å². The van der Waals surface area contributed by atoms with Crippen molar-refractivity contribution in [3.63, 3.8) is 0 Å². The smallest absolute Gasteiger partial charge is 0.158 e. The number of nitrogens with zero attached hydrogens (tertiary/aromatic N) is 3. The molecule has 1 fully saturated rings. The molecule has 2 N–H and O–H groups in total. The molecule has 0 spiro atoms. The van der Waals surface area contributed by atoms with Gasteiger partial charge in [-0.05, 0) is 37.6 Å². The third-order valence-electron chi connectivity index (χ3n) is 4.18. The predicted molar refractivity (Wildman–Crippen MR) is 78.3 cm³/mol. The first kappa shape index (κ1) is 12.9. The van der Waals surface area contributed by atoms with Crippen molar-refractivity contribution in [2.75, 3.05) is 20.1 Å². The molecule has 4 nitrogen and oxygen atoms in total. The first-order valence-electron chi connectivity index (χ1n) is 6.63. The summed E-state index contributed by atoms with van der Waals surface area (Å²) in [6.45, 7) is 1.81. The lowest BCUT2D eigenvalue weighted by Crippen LogP contribution is -2.20. The summed E-state index contributed by atoms with van der Waals surface area (Å²) in [6, 6.07) is 6.68. The maximum Gasteiger partial charge on any atom is 0.158 e. The highest BCUT2D eigenvalue weighted by Gasteiger charge is 2.31. The van der Waals surface area contributed by atoms with Crippen molar-refractivity contribution in [1.82, 2.24) is 14.7 Å². The van der Waals surface area contributed by atoms with Crippen LogP contribution in [0.15, 0.2) is 18.2 Å². The predicted octanol–water partition coefficient (Wildman–Crippen LogP) is 2.18. The van der Waals surface area contributed by atoms with Gasteiger partial charge in [0.25, 0.3) is 0 Å². The van der Waals surface area contributed by atoms with E-state index in [2.05, 4.69) is 29.2 Å². The third-order valence-corrected chi connectivity index (χ3v) is 4.46. The van der Waals surface area contributed by atoms with Crippen molar-refractivity contribution >= 4 is 22.5 Å². The summed E-state index contributed by atoms with van der Waals surface area (Å²) in [7, 11) is 4.12. The van der Waals surface area contributed by atoms with Crippen LogP contribution < -0.4 is 5.73 Å². The summed E-state index contributed by atoms with van der Waals surface area (Å²) < 4.78 is 1.89. The maximum atomic E-state index is 6.18. The van der Waals surface area contributed by atoms with Crippen molar-refractivity contribution in [1.29, 1.82) is 0 Å². The quantitative estimate of drug-likeness (QED) is 0.916. The topological polar surface area (TPSA) is 47.1 Å². The number of fused-ring (bicyclic) bond motifs is 1. The molecule has 1 aromatic heterocycles. The molecule has 2 unspecified atom stereocenters. The average molecular weight is 279 g/mol. The van der Waals surface area contributed by atoms with Gasteiger partial charge in [-0.25, -0.2) is 0 Å². The molecule has 3 rings (SSSR count). The fourth-order valence-electron chi connectivity index (χ4n) is 3.23. The Labute approximate surface area is 118 Å². The monoisotopic (exact) mass is 278 g/mol. The van der Waals surface area contributed by atoms with Crippen molar-refractivity contribution < 1.29 is 0 Å². The minimum absolute atomic E-state index is 0.406. The summed E-state index contributed by atoms with van der Waals surface area (Å²) in [5.41, 5.74) is 8.26. The van der Waals surface area contributed by atoms with Crippen LogP contribution in [0.1, 0.15) is 18.0 Å². The van der Waals surface area contributed by atoms with Gasteiger partial charge in [-0.2, -0.15) is 5.10 Å². The van der Waals surface area contributed by atoms with Crippen LogP contribution in [-0.2, 0) is 7.05 Å². The van der Waals surface area contributed by atoms with E-state index < -0.39 is 0 Å². The Kier molecular flexibility index (Phi) is 3.25. The Morgan fingerprint density at radius 2 is 2.21 bits per heavy atom. The van der Waals surface area contributed by atoms with E-state index in [4.69, 9.17) is 17.3 Å². The Morgan fingerprint density at radius 3 is 2.89 bits per heavy atom. The van der Waals surface area contributed by atoms with E-state index in [1.54, 1.807) is 0 Å². The third kappa shape index (κ3) is 2.04. The van der Waals surface area contributed by atoms with Gasteiger partial charge in [-0.15, -0.1) is 0 Å². The molecule has 0 saturated carbocycles. The van der Waals surface area contributed by atoms with Crippen molar-refractivity contribution in [2.24, 2.45) is 18.7 Å². The minimum atomic E-state index is 0.406. The van der Waals surface area contributed by atoms with Gasteiger partial charge >= 0.3 is 0 Å². The number of nitrogens with two attached hydrogens (primary N) is 1. The van der Waals surface area contributed by atoms with Gasteiger partial charge in [0.1, 0.15) is 0 Å². The van der Waals surface area contributed by atoms with Crippen molar-refractivity contribution in [3.05, 3.63) is 28.9 Å². The Bertz CT molecular complexity index is 607. The van der Waals surface area contributed by atoms with E-state index in [-0.39, 0.29) is 0 Å². The molecule has 1 saturated heterocycles. The molecule has 1 aliphatic rings. The molecule has 2 atom stereocenters. The second-order valence-corrected chi connectivity index (χ2v) is 5.81. The molecule has 1 aliphatic heterocycles. The number of halogens is 1. The van der Waals surface area contributed by atoms with Crippen LogP contribution in [0.5, 0.6) is 0 Å². The summed E-state index contributed by atoms with van der Waals surface area (Å²) >= 11 is 6.18. The Morgan fingerprint density at radius 1 is 1.42 bits per heavy atom. The molecule has 102 valence electrons. The maximum absolute atomic E-state index is 6.18. The minimum Gasteiger partial charge on any atom is -0.330 e. The summed E-state index contributed by atoms with van der Waals surface area (Å²) in [5, 5.41) is 5.94. The number of hydrogen-bond acceptors (Lipinski definition) is 3. The number of aryl methyl sites for hydroxylation is 1. The number of hydrogen-bond donors (Lipinski definition) is 1. The lowest BCUT2D eigenvalue weighted by molar-refractivity contribution is 0.314. The molecule has 5 heteroatoms. The van der Waals surface area contributed by atoms with Crippen LogP contribution in [0.3, 0.4) is 0 Å². The van der Waals surface area contributed by atoms with E-state index in [1.165, 1.54) is 5.56 Å². The zero-order valence-corrected chi connectivity index (χ0v) is 12.1. The number of likely N-dealkylation sites (tertiary alicyclic amines) is 1. The first-order chi connectivity index (χ1) is 9.11. The average Bonchev–Trinajstić information content (AvgIpc) is 2.91. The highest BCUT2D eigenvalue weighted by Crippen LogP contribution is 2.38. The molecule has 2 heterocycles. The van der Waals surface area contributed by atoms with E-state index in [1.807, 2.05) is 17.8 Å². The van der Waals surface area contributed by atoms with Crippen LogP contribution in [0.25, 0.3) is 10.9 Å². The lowest BCUT2D eigenvalue weighted by Gasteiger charge is -2.20. The Hall–Kier alpha value is -1.10. The molecule has 0 amide bonds. The molecule has 1 aromatic carbocycles. The second-order valence-electron chi connectivity index (χ2n) is 5.45. The van der Waals surface area contributed by atoms with Gasteiger partial charge in [0.05, 0.1) is 5.52 Å². The zero-order valence-electron chi connectivity index (χ0n) is 11.3. The van der Waals surface area contributed by atoms with Gasteiger partial charge in [-0.1, -0.05) is 23.7 Å². The molecule has 19 heavy (non-hydrogen) atoms. The van der Waals surface area contributed by atoms with Crippen molar-refractivity contribution in [2.45, 2.75) is 12.5 Å². The van der Waals surface area contributed by atoms with E-state index in [0.717, 1.165) is 30.4 Å². The van der Waals surface area contributed by atoms with Gasteiger partial charge in [-0.3, -0.25) is 9.58 Å². The summed E-state index contributed by atoms with van der Waals surface area (Å²) in [6.07, 6.45) is 1.11. The SMILES string of the molecule is CN1CC(CN)CC1c1cccc2c(Cl)nn(C)c12. The largest absolute Gasteiger partial charge is 0.330 e. The van der Waals surface area contributed by atoms with E-state index in [0.29, 0.717) is 17.1 Å². The van der Waals surface area contributed by atoms with Crippen LogP contribution in [0.4, 0.5) is 0 Å². The van der Waals surface area contributed by atoms with E-state index >= 15 is 0 Å². The normalized spacial score (nSPS) is 24.4.